The van der Waals surface area contributed by atoms with Crippen LogP contribution in [0, 0.1) is 5.92 Å². The predicted octanol–water partition coefficient (Wildman–Crippen LogP) is 1.73. The molecule has 18 heavy (non-hydrogen) atoms. The second-order valence-electron chi connectivity index (χ2n) is 5.09. The molecule has 0 aliphatic rings. The zero-order valence-electron chi connectivity index (χ0n) is 11.7. The van der Waals surface area contributed by atoms with Crippen molar-refractivity contribution in [1.82, 2.24) is 4.90 Å². The van der Waals surface area contributed by atoms with E-state index in [2.05, 4.69) is 11.8 Å². The average molecular weight is 252 g/mol. The van der Waals surface area contributed by atoms with E-state index >= 15 is 0 Å². The summed E-state index contributed by atoms with van der Waals surface area (Å²) >= 11 is 0. The van der Waals surface area contributed by atoms with Crippen molar-refractivity contribution in [2.75, 3.05) is 20.6 Å². The van der Waals surface area contributed by atoms with E-state index in [0.29, 0.717) is 12.2 Å². The molecule has 4 heteroatoms. The van der Waals surface area contributed by atoms with Gasteiger partial charge < -0.3 is 14.8 Å². The van der Waals surface area contributed by atoms with Gasteiger partial charge in [-0.2, -0.15) is 5.90 Å². The summed E-state index contributed by atoms with van der Waals surface area (Å²) in [5, 5.41) is 10.9. The van der Waals surface area contributed by atoms with Crippen LogP contribution in [-0.4, -0.2) is 30.6 Å². The highest BCUT2D eigenvalue weighted by Gasteiger charge is 2.34. The molecule has 0 saturated heterocycles. The number of nitrogens with two attached hydrogens (primary N) is 1. The van der Waals surface area contributed by atoms with E-state index in [0.717, 1.165) is 12.1 Å². The third-order valence-corrected chi connectivity index (χ3v) is 3.46. The van der Waals surface area contributed by atoms with Crippen molar-refractivity contribution in [1.29, 1.82) is 0 Å². The average Bonchev–Trinajstić information content (AvgIpc) is 2.37. The van der Waals surface area contributed by atoms with Gasteiger partial charge in [-0.05, 0) is 38.2 Å². The van der Waals surface area contributed by atoms with E-state index in [4.69, 9.17) is 10.7 Å². The quantitative estimate of drug-likeness (QED) is 0.757. The van der Waals surface area contributed by atoms with Crippen molar-refractivity contribution < 1.29 is 9.94 Å². The number of aliphatic hydroxyl groups is 1. The summed E-state index contributed by atoms with van der Waals surface area (Å²) in [5.74, 6) is 5.85. The molecule has 0 amide bonds. The molecule has 0 saturated carbocycles. The van der Waals surface area contributed by atoms with Gasteiger partial charge in [0.15, 0.2) is 0 Å². The Kier molecular flexibility index (Phi) is 5.14. The number of benzene rings is 1. The Balaban J connectivity index is 3.05. The summed E-state index contributed by atoms with van der Waals surface area (Å²) in [6.45, 7) is 4.86. The lowest BCUT2D eigenvalue weighted by atomic mass is 9.80. The lowest BCUT2D eigenvalue weighted by Crippen LogP contribution is -2.38. The van der Waals surface area contributed by atoms with Gasteiger partial charge in [0.2, 0.25) is 0 Å². The fraction of sp³-hybridized carbons (Fsp3) is 0.571. The normalized spacial score (nSPS) is 16.4. The lowest BCUT2D eigenvalue weighted by Gasteiger charge is -2.35. The van der Waals surface area contributed by atoms with Crippen LogP contribution in [0.2, 0.25) is 0 Å². The Bertz CT molecular complexity index is 382. The molecule has 0 heterocycles. The largest absolute Gasteiger partial charge is 0.412 e. The van der Waals surface area contributed by atoms with Gasteiger partial charge in [0.1, 0.15) is 5.75 Å². The van der Waals surface area contributed by atoms with Crippen LogP contribution in [0.3, 0.4) is 0 Å². The van der Waals surface area contributed by atoms with Gasteiger partial charge in [0.05, 0.1) is 5.60 Å². The second kappa shape index (κ2) is 6.18. The van der Waals surface area contributed by atoms with Crippen molar-refractivity contribution in [3.63, 3.8) is 0 Å². The topological polar surface area (TPSA) is 58.7 Å². The first-order valence-electron chi connectivity index (χ1n) is 6.28. The molecule has 1 rings (SSSR count). The Morgan fingerprint density at radius 3 is 2.61 bits per heavy atom. The number of nitrogens with zero attached hydrogens (tertiary/aromatic N) is 1. The molecule has 4 nitrogen and oxygen atoms in total. The van der Waals surface area contributed by atoms with Crippen LogP contribution in [0.15, 0.2) is 24.3 Å². The van der Waals surface area contributed by atoms with Gasteiger partial charge in [-0.3, -0.25) is 0 Å². The molecular weight excluding hydrogens is 228 g/mol. The van der Waals surface area contributed by atoms with Crippen molar-refractivity contribution in [2.24, 2.45) is 11.8 Å². The first-order valence-corrected chi connectivity index (χ1v) is 6.28. The molecule has 3 N–H and O–H groups in total. The summed E-state index contributed by atoms with van der Waals surface area (Å²) in [6.07, 6.45) is 0.649. The smallest absolute Gasteiger partial charge is 0.147 e. The first kappa shape index (κ1) is 15.0. The zero-order valence-corrected chi connectivity index (χ0v) is 11.7. The Hall–Kier alpha value is -1.10. The summed E-state index contributed by atoms with van der Waals surface area (Å²) in [4.78, 5) is 6.81. The second-order valence-corrected chi connectivity index (χ2v) is 5.09. The minimum atomic E-state index is -0.862. The van der Waals surface area contributed by atoms with Crippen LogP contribution in [-0.2, 0) is 5.60 Å². The van der Waals surface area contributed by atoms with Crippen LogP contribution < -0.4 is 10.7 Å². The molecule has 1 aromatic carbocycles. The lowest BCUT2D eigenvalue weighted by molar-refractivity contribution is -0.0293. The van der Waals surface area contributed by atoms with E-state index in [1.54, 1.807) is 12.1 Å². The molecular formula is C14H24N2O2. The van der Waals surface area contributed by atoms with Gasteiger partial charge in [-0.25, -0.2) is 0 Å². The maximum atomic E-state index is 10.9. The zero-order chi connectivity index (χ0) is 13.8. The number of rotatable bonds is 6. The van der Waals surface area contributed by atoms with Crippen LogP contribution in [0.25, 0.3) is 0 Å². The monoisotopic (exact) mass is 252 g/mol. The maximum absolute atomic E-state index is 10.9. The third kappa shape index (κ3) is 3.22. The first-order chi connectivity index (χ1) is 8.43. The van der Waals surface area contributed by atoms with Gasteiger partial charge in [0, 0.05) is 12.5 Å². The number of hydrogen-bond donors (Lipinski definition) is 2. The Labute approximate surface area is 109 Å². The van der Waals surface area contributed by atoms with Crippen molar-refractivity contribution in [3.05, 3.63) is 29.8 Å². The minimum absolute atomic E-state index is 0.116. The van der Waals surface area contributed by atoms with E-state index < -0.39 is 5.60 Å². The minimum Gasteiger partial charge on any atom is -0.412 e. The van der Waals surface area contributed by atoms with Crippen molar-refractivity contribution in [2.45, 2.75) is 25.9 Å². The maximum Gasteiger partial charge on any atom is 0.147 e. The van der Waals surface area contributed by atoms with Crippen LogP contribution in [0.5, 0.6) is 5.75 Å². The molecule has 0 fully saturated rings. The molecule has 0 aliphatic heterocycles. The highest BCUT2D eigenvalue weighted by molar-refractivity contribution is 5.32. The van der Waals surface area contributed by atoms with Crippen LogP contribution in [0.4, 0.5) is 0 Å². The van der Waals surface area contributed by atoms with Crippen LogP contribution in [0.1, 0.15) is 25.8 Å². The Morgan fingerprint density at radius 2 is 2.11 bits per heavy atom. The molecule has 0 bridgehead atoms. The fourth-order valence-corrected chi connectivity index (χ4v) is 2.37. The summed E-state index contributed by atoms with van der Waals surface area (Å²) in [5.41, 5.74) is -0.0129. The summed E-state index contributed by atoms with van der Waals surface area (Å²) in [7, 11) is 4.01. The van der Waals surface area contributed by atoms with Gasteiger partial charge in [-0.15, -0.1) is 0 Å². The van der Waals surface area contributed by atoms with Gasteiger partial charge in [-0.1, -0.05) is 26.0 Å². The van der Waals surface area contributed by atoms with Crippen LogP contribution >= 0.6 is 0 Å². The molecule has 0 spiro atoms. The highest BCUT2D eigenvalue weighted by atomic mass is 16.6. The van der Waals surface area contributed by atoms with Gasteiger partial charge in [0.25, 0.3) is 0 Å². The summed E-state index contributed by atoms with van der Waals surface area (Å²) in [6, 6.07) is 7.34. The number of hydrogen-bond acceptors (Lipinski definition) is 4. The van der Waals surface area contributed by atoms with E-state index in [-0.39, 0.29) is 5.92 Å². The summed E-state index contributed by atoms with van der Waals surface area (Å²) < 4.78 is 0. The van der Waals surface area contributed by atoms with Crippen molar-refractivity contribution >= 4 is 0 Å². The predicted molar refractivity (Wildman–Crippen MR) is 73.2 cm³/mol. The molecule has 2 atom stereocenters. The highest BCUT2D eigenvalue weighted by Crippen LogP contribution is 2.34. The fourth-order valence-electron chi connectivity index (χ4n) is 2.37. The Morgan fingerprint density at radius 1 is 1.44 bits per heavy atom. The van der Waals surface area contributed by atoms with E-state index in [1.807, 2.05) is 33.2 Å². The molecule has 102 valence electrons. The SMILES string of the molecule is CCC(O)(c1cccc(ON)c1)C(C)CN(C)C. The standard InChI is InChI=1S/C14H24N2O2/c1-5-14(17,11(2)10-16(3)4)12-7-6-8-13(9-12)18-15/h6-9,11,17H,5,10,15H2,1-4H3. The third-order valence-electron chi connectivity index (χ3n) is 3.46. The molecule has 0 aromatic heterocycles. The van der Waals surface area contributed by atoms with Crippen molar-refractivity contribution in [3.8, 4) is 5.75 Å². The molecule has 1 aromatic rings. The molecule has 0 radical (unpaired) electrons. The van der Waals surface area contributed by atoms with E-state index in [9.17, 15) is 5.11 Å². The molecule has 2 unspecified atom stereocenters. The van der Waals surface area contributed by atoms with E-state index in [1.165, 1.54) is 0 Å². The molecule has 0 aliphatic carbocycles. The van der Waals surface area contributed by atoms with Gasteiger partial charge >= 0.3 is 0 Å².